The third kappa shape index (κ3) is 6.30. The summed E-state index contributed by atoms with van der Waals surface area (Å²) in [6, 6.07) is 4.25. The van der Waals surface area contributed by atoms with Crippen LogP contribution in [0.2, 0.25) is 0 Å². The summed E-state index contributed by atoms with van der Waals surface area (Å²) in [5, 5.41) is 10.4. The molecule has 108 valence electrons. The maximum Gasteiger partial charge on any atom is 0.416 e. The van der Waals surface area contributed by atoms with Crippen LogP contribution in [0, 0.1) is 0 Å². The van der Waals surface area contributed by atoms with E-state index in [4.69, 9.17) is 10.8 Å². The summed E-state index contributed by atoms with van der Waals surface area (Å²) in [4.78, 5) is 10.2. The standard InChI is InChI=1S/C11H13F3N2O2.ClH/c12-11(13,14)8-3-1-2-7(4-8)5-9(15)6-16-10(17)18;/h1-4,9,16H,5-6,15H2,(H,17,18);1H/t9-;/m0./s1. The van der Waals surface area contributed by atoms with Gasteiger partial charge in [0.25, 0.3) is 0 Å². The largest absolute Gasteiger partial charge is 0.465 e. The minimum absolute atomic E-state index is 0. The molecule has 1 amide bonds. The van der Waals surface area contributed by atoms with E-state index < -0.39 is 23.9 Å². The molecule has 1 rings (SSSR count). The van der Waals surface area contributed by atoms with Gasteiger partial charge in [0, 0.05) is 12.6 Å². The lowest BCUT2D eigenvalue weighted by Crippen LogP contribution is -2.37. The Balaban J connectivity index is 0.00000324. The molecule has 0 unspecified atom stereocenters. The number of carboxylic acid groups (broad SMARTS) is 1. The fraction of sp³-hybridized carbons (Fsp3) is 0.364. The molecule has 0 spiro atoms. The Kier molecular flexibility index (Phi) is 6.64. The van der Waals surface area contributed by atoms with Crippen molar-refractivity contribution in [2.75, 3.05) is 6.54 Å². The lowest BCUT2D eigenvalue weighted by atomic mass is 10.0. The second kappa shape index (κ2) is 7.20. The lowest BCUT2D eigenvalue weighted by molar-refractivity contribution is -0.137. The van der Waals surface area contributed by atoms with Crippen molar-refractivity contribution in [1.82, 2.24) is 5.32 Å². The summed E-state index contributed by atoms with van der Waals surface area (Å²) in [5.41, 5.74) is 5.29. The monoisotopic (exact) mass is 298 g/mol. The zero-order valence-corrected chi connectivity index (χ0v) is 10.6. The Bertz CT molecular complexity index is 427. The highest BCUT2D eigenvalue weighted by Gasteiger charge is 2.30. The number of hydrogen-bond donors (Lipinski definition) is 3. The summed E-state index contributed by atoms with van der Waals surface area (Å²) in [6.45, 7) is -0.00835. The van der Waals surface area contributed by atoms with E-state index in [1.807, 2.05) is 0 Å². The van der Waals surface area contributed by atoms with Crippen molar-refractivity contribution in [2.45, 2.75) is 18.6 Å². The first kappa shape index (κ1) is 17.5. The van der Waals surface area contributed by atoms with E-state index in [-0.39, 0.29) is 25.4 Å². The number of halogens is 4. The van der Waals surface area contributed by atoms with Gasteiger partial charge in [0.2, 0.25) is 0 Å². The number of nitrogens with one attached hydrogen (secondary N) is 1. The molecule has 0 fully saturated rings. The van der Waals surface area contributed by atoms with E-state index >= 15 is 0 Å². The number of rotatable bonds is 4. The van der Waals surface area contributed by atoms with Crippen LogP contribution in [0.4, 0.5) is 18.0 Å². The molecule has 4 N–H and O–H groups in total. The molecule has 0 saturated heterocycles. The number of alkyl halides is 3. The van der Waals surface area contributed by atoms with Gasteiger partial charge in [-0.05, 0) is 18.1 Å². The SMILES string of the molecule is Cl.N[C@H](CNC(=O)O)Cc1cccc(C(F)(F)F)c1. The van der Waals surface area contributed by atoms with Crippen LogP contribution in [0.25, 0.3) is 0 Å². The molecule has 0 aliphatic carbocycles. The average molecular weight is 299 g/mol. The predicted molar refractivity (Wildman–Crippen MR) is 66.4 cm³/mol. The molecule has 4 nitrogen and oxygen atoms in total. The summed E-state index contributed by atoms with van der Waals surface area (Å²) in [6.07, 6.45) is -5.43. The normalized spacial score (nSPS) is 12.4. The number of benzene rings is 1. The Morgan fingerprint density at radius 2 is 2.05 bits per heavy atom. The van der Waals surface area contributed by atoms with Crippen molar-refractivity contribution in [1.29, 1.82) is 0 Å². The molecule has 1 aromatic carbocycles. The summed E-state index contributed by atoms with van der Waals surface area (Å²) in [5.74, 6) is 0. The van der Waals surface area contributed by atoms with Gasteiger partial charge in [0.15, 0.2) is 0 Å². The number of nitrogens with two attached hydrogens (primary N) is 1. The van der Waals surface area contributed by atoms with Crippen LogP contribution in [-0.2, 0) is 12.6 Å². The van der Waals surface area contributed by atoms with E-state index in [9.17, 15) is 18.0 Å². The molecule has 0 aliphatic rings. The second-order valence-electron chi connectivity index (χ2n) is 3.85. The molecular formula is C11H14ClF3N2O2. The van der Waals surface area contributed by atoms with Crippen molar-refractivity contribution >= 4 is 18.5 Å². The van der Waals surface area contributed by atoms with Gasteiger partial charge in [0.05, 0.1) is 5.56 Å². The Hall–Kier alpha value is -1.47. The van der Waals surface area contributed by atoms with E-state index in [0.29, 0.717) is 5.56 Å². The van der Waals surface area contributed by atoms with Gasteiger partial charge in [0.1, 0.15) is 0 Å². The Morgan fingerprint density at radius 1 is 1.42 bits per heavy atom. The number of amides is 1. The highest BCUT2D eigenvalue weighted by molar-refractivity contribution is 5.85. The smallest absolute Gasteiger partial charge is 0.416 e. The average Bonchev–Trinajstić information content (AvgIpc) is 2.25. The van der Waals surface area contributed by atoms with Gasteiger partial charge in [-0.2, -0.15) is 13.2 Å². The van der Waals surface area contributed by atoms with Crippen molar-refractivity contribution in [3.63, 3.8) is 0 Å². The van der Waals surface area contributed by atoms with Gasteiger partial charge in [-0.3, -0.25) is 0 Å². The summed E-state index contributed by atoms with van der Waals surface area (Å²) < 4.78 is 37.3. The van der Waals surface area contributed by atoms with Gasteiger partial charge >= 0.3 is 12.3 Å². The quantitative estimate of drug-likeness (QED) is 0.798. The molecule has 1 aromatic rings. The Morgan fingerprint density at radius 3 is 2.58 bits per heavy atom. The van der Waals surface area contributed by atoms with Crippen LogP contribution in [0.15, 0.2) is 24.3 Å². The van der Waals surface area contributed by atoms with E-state index in [0.717, 1.165) is 12.1 Å². The minimum atomic E-state index is -4.39. The van der Waals surface area contributed by atoms with Gasteiger partial charge < -0.3 is 16.2 Å². The van der Waals surface area contributed by atoms with Crippen LogP contribution in [-0.4, -0.2) is 23.8 Å². The molecule has 0 heterocycles. The van der Waals surface area contributed by atoms with Gasteiger partial charge in [-0.15, -0.1) is 12.4 Å². The molecule has 0 saturated carbocycles. The third-order valence-electron chi connectivity index (χ3n) is 2.27. The van der Waals surface area contributed by atoms with Crippen LogP contribution >= 0.6 is 12.4 Å². The van der Waals surface area contributed by atoms with Crippen molar-refractivity contribution in [2.24, 2.45) is 5.73 Å². The van der Waals surface area contributed by atoms with Crippen LogP contribution < -0.4 is 11.1 Å². The van der Waals surface area contributed by atoms with Crippen molar-refractivity contribution in [3.05, 3.63) is 35.4 Å². The van der Waals surface area contributed by atoms with Crippen molar-refractivity contribution < 1.29 is 23.1 Å². The number of hydrogen-bond acceptors (Lipinski definition) is 2. The van der Waals surface area contributed by atoms with E-state index in [1.165, 1.54) is 12.1 Å². The Labute approximate surface area is 114 Å². The third-order valence-corrected chi connectivity index (χ3v) is 2.27. The highest BCUT2D eigenvalue weighted by atomic mass is 35.5. The molecule has 0 aliphatic heterocycles. The summed E-state index contributed by atoms with van der Waals surface area (Å²) >= 11 is 0. The molecule has 0 aromatic heterocycles. The van der Waals surface area contributed by atoms with Gasteiger partial charge in [-0.25, -0.2) is 4.79 Å². The highest BCUT2D eigenvalue weighted by Crippen LogP contribution is 2.29. The first-order valence-corrected chi connectivity index (χ1v) is 5.17. The maximum absolute atomic E-state index is 12.4. The van der Waals surface area contributed by atoms with Crippen LogP contribution in [0.3, 0.4) is 0 Å². The van der Waals surface area contributed by atoms with E-state index in [2.05, 4.69) is 5.32 Å². The topological polar surface area (TPSA) is 75.3 Å². The van der Waals surface area contributed by atoms with Crippen LogP contribution in [0.1, 0.15) is 11.1 Å². The van der Waals surface area contributed by atoms with Gasteiger partial charge in [-0.1, -0.05) is 18.2 Å². The zero-order chi connectivity index (χ0) is 13.8. The fourth-order valence-corrected chi connectivity index (χ4v) is 1.47. The second-order valence-corrected chi connectivity index (χ2v) is 3.85. The molecule has 8 heteroatoms. The van der Waals surface area contributed by atoms with E-state index in [1.54, 1.807) is 0 Å². The first-order chi connectivity index (χ1) is 8.29. The van der Waals surface area contributed by atoms with Crippen LogP contribution in [0.5, 0.6) is 0 Å². The minimum Gasteiger partial charge on any atom is -0.465 e. The fourth-order valence-electron chi connectivity index (χ4n) is 1.47. The van der Waals surface area contributed by atoms with Crippen molar-refractivity contribution in [3.8, 4) is 0 Å². The molecular weight excluding hydrogens is 285 g/mol. The molecule has 0 radical (unpaired) electrons. The molecule has 19 heavy (non-hydrogen) atoms. The maximum atomic E-state index is 12.4. The molecule has 1 atom stereocenters. The summed E-state index contributed by atoms with van der Waals surface area (Å²) in [7, 11) is 0. The predicted octanol–water partition coefficient (Wildman–Crippen LogP) is 2.26. The molecule has 0 bridgehead atoms. The lowest BCUT2D eigenvalue weighted by Gasteiger charge is -2.13. The number of carbonyl (C=O) groups is 1. The first-order valence-electron chi connectivity index (χ1n) is 5.17. The zero-order valence-electron chi connectivity index (χ0n) is 9.78.